The second-order valence-corrected chi connectivity index (χ2v) is 7.44. The van der Waals surface area contributed by atoms with Gasteiger partial charge in [-0.2, -0.15) is 0 Å². The van der Waals surface area contributed by atoms with Crippen molar-refractivity contribution in [1.82, 2.24) is 4.90 Å². The molecule has 0 bridgehead atoms. The summed E-state index contributed by atoms with van der Waals surface area (Å²) in [4.78, 5) is 14.7. The third-order valence-corrected chi connectivity index (χ3v) is 5.26. The molecule has 3 nitrogen and oxygen atoms in total. The van der Waals surface area contributed by atoms with Crippen LogP contribution in [0.25, 0.3) is 5.57 Å². The quantitative estimate of drug-likeness (QED) is 0.621. The molecule has 0 saturated carbocycles. The molecule has 0 spiro atoms. The van der Waals surface area contributed by atoms with Crippen molar-refractivity contribution in [2.75, 3.05) is 0 Å². The van der Waals surface area contributed by atoms with Gasteiger partial charge < -0.3 is 10.0 Å². The Kier molecular flexibility index (Phi) is 4.93. The zero-order valence-electron chi connectivity index (χ0n) is 15.5. The lowest BCUT2D eigenvalue weighted by Gasteiger charge is -2.27. The smallest absolute Gasteiger partial charge is 0.290 e. The first-order chi connectivity index (χ1) is 13.5. The van der Waals surface area contributed by atoms with Gasteiger partial charge >= 0.3 is 0 Å². The molecule has 0 saturated heterocycles. The highest BCUT2D eigenvalue weighted by Gasteiger charge is 2.40. The van der Waals surface area contributed by atoms with Crippen LogP contribution in [0.1, 0.15) is 28.3 Å². The number of aryl methyl sites for hydroxylation is 1. The molecule has 3 aromatic carbocycles. The van der Waals surface area contributed by atoms with Gasteiger partial charge in [-0.25, -0.2) is 0 Å². The summed E-state index contributed by atoms with van der Waals surface area (Å²) >= 11 is 6.23. The van der Waals surface area contributed by atoms with Gasteiger partial charge in [0.15, 0.2) is 5.76 Å². The van der Waals surface area contributed by atoms with Crippen molar-refractivity contribution >= 4 is 23.1 Å². The first-order valence-corrected chi connectivity index (χ1v) is 9.53. The summed E-state index contributed by atoms with van der Waals surface area (Å²) in [6, 6.07) is 24.6. The minimum absolute atomic E-state index is 0.205. The molecule has 1 N–H and O–H groups in total. The Bertz CT molecular complexity index is 1040. The molecule has 4 heteroatoms. The van der Waals surface area contributed by atoms with Crippen molar-refractivity contribution in [3.63, 3.8) is 0 Å². The maximum Gasteiger partial charge on any atom is 0.290 e. The van der Waals surface area contributed by atoms with Gasteiger partial charge in [0.2, 0.25) is 0 Å². The van der Waals surface area contributed by atoms with E-state index in [1.807, 2.05) is 79.7 Å². The Morgan fingerprint density at radius 3 is 2.36 bits per heavy atom. The van der Waals surface area contributed by atoms with E-state index in [1.165, 1.54) is 0 Å². The monoisotopic (exact) mass is 389 g/mol. The third kappa shape index (κ3) is 3.41. The predicted octanol–water partition coefficient (Wildman–Crippen LogP) is 5.70. The Labute approximate surface area is 169 Å². The molecule has 1 atom stereocenters. The molecule has 1 amide bonds. The van der Waals surface area contributed by atoms with Crippen molar-refractivity contribution in [1.29, 1.82) is 0 Å². The maximum absolute atomic E-state index is 13.0. The summed E-state index contributed by atoms with van der Waals surface area (Å²) in [5.74, 6) is -0.576. The summed E-state index contributed by atoms with van der Waals surface area (Å²) in [6.07, 6.45) is 0. The first-order valence-electron chi connectivity index (χ1n) is 9.15. The topological polar surface area (TPSA) is 40.5 Å². The molecule has 4 rings (SSSR count). The molecule has 1 heterocycles. The van der Waals surface area contributed by atoms with Crippen molar-refractivity contribution in [3.8, 4) is 0 Å². The summed E-state index contributed by atoms with van der Waals surface area (Å²) in [5.41, 5.74) is 4.47. The molecule has 0 aromatic heterocycles. The number of amides is 1. The van der Waals surface area contributed by atoms with Crippen molar-refractivity contribution < 1.29 is 9.90 Å². The van der Waals surface area contributed by atoms with E-state index in [2.05, 4.69) is 0 Å². The normalized spacial score (nSPS) is 16.7. The lowest BCUT2D eigenvalue weighted by molar-refractivity contribution is -0.130. The van der Waals surface area contributed by atoms with Gasteiger partial charge in [0, 0.05) is 17.1 Å². The minimum Gasteiger partial charge on any atom is -0.503 e. The second kappa shape index (κ2) is 7.53. The highest BCUT2D eigenvalue weighted by atomic mass is 35.5. The van der Waals surface area contributed by atoms with E-state index in [0.29, 0.717) is 17.1 Å². The predicted molar refractivity (Wildman–Crippen MR) is 112 cm³/mol. The lowest BCUT2D eigenvalue weighted by atomic mass is 9.93. The van der Waals surface area contributed by atoms with Crippen LogP contribution < -0.4 is 0 Å². The van der Waals surface area contributed by atoms with Gasteiger partial charge in [-0.05, 0) is 35.7 Å². The van der Waals surface area contributed by atoms with Crippen molar-refractivity contribution in [2.45, 2.75) is 19.5 Å². The van der Waals surface area contributed by atoms with Crippen LogP contribution in [0.15, 0.2) is 84.6 Å². The Morgan fingerprint density at radius 1 is 0.964 bits per heavy atom. The number of aliphatic hydroxyl groups excluding tert-OH is 1. The molecule has 140 valence electrons. The van der Waals surface area contributed by atoms with E-state index in [-0.39, 0.29) is 11.7 Å². The molecule has 28 heavy (non-hydrogen) atoms. The number of carbonyl (C=O) groups excluding carboxylic acids is 1. The van der Waals surface area contributed by atoms with Gasteiger partial charge in [0.25, 0.3) is 5.91 Å². The lowest BCUT2D eigenvalue weighted by Crippen LogP contribution is -2.29. The summed E-state index contributed by atoms with van der Waals surface area (Å²) in [7, 11) is 0. The zero-order chi connectivity index (χ0) is 19.7. The zero-order valence-corrected chi connectivity index (χ0v) is 16.2. The van der Waals surface area contributed by atoms with Crippen LogP contribution in [-0.4, -0.2) is 15.9 Å². The van der Waals surface area contributed by atoms with E-state index in [4.69, 9.17) is 11.6 Å². The van der Waals surface area contributed by atoms with Gasteiger partial charge in [0.05, 0.1) is 6.04 Å². The number of aliphatic hydroxyl groups is 1. The Balaban J connectivity index is 1.81. The number of hydrogen-bond acceptors (Lipinski definition) is 2. The number of nitrogens with zero attached hydrogens (tertiary/aromatic N) is 1. The fourth-order valence-electron chi connectivity index (χ4n) is 3.64. The van der Waals surface area contributed by atoms with Gasteiger partial charge in [-0.15, -0.1) is 0 Å². The van der Waals surface area contributed by atoms with Crippen molar-refractivity contribution in [3.05, 3.63) is 112 Å². The van der Waals surface area contributed by atoms with Gasteiger partial charge in [-0.1, -0.05) is 83.9 Å². The van der Waals surface area contributed by atoms with E-state index < -0.39 is 6.04 Å². The fourth-order valence-corrected chi connectivity index (χ4v) is 3.84. The highest BCUT2D eigenvalue weighted by Crippen LogP contribution is 2.44. The molecular weight excluding hydrogens is 370 g/mol. The van der Waals surface area contributed by atoms with Crippen LogP contribution in [0, 0.1) is 6.92 Å². The molecule has 0 unspecified atom stereocenters. The van der Waals surface area contributed by atoms with E-state index >= 15 is 0 Å². The van der Waals surface area contributed by atoms with Crippen LogP contribution in [0.5, 0.6) is 0 Å². The summed E-state index contributed by atoms with van der Waals surface area (Å²) < 4.78 is 0. The number of carbonyl (C=O) groups is 1. The van der Waals surface area contributed by atoms with Crippen LogP contribution in [0.3, 0.4) is 0 Å². The molecule has 1 aliphatic heterocycles. The van der Waals surface area contributed by atoms with E-state index in [9.17, 15) is 9.90 Å². The molecular formula is C24H20ClNO2. The number of rotatable bonds is 4. The number of benzene rings is 3. The average molecular weight is 390 g/mol. The molecule has 1 aliphatic rings. The Hall–Kier alpha value is -3.04. The first kappa shape index (κ1) is 18.3. The molecule has 0 aliphatic carbocycles. The van der Waals surface area contributed by atoms with Gasteiger partial charge in [-0.3, -0.25) is 4.79 Å². The number of hydrogen-bond donors (Lipinski definition) is 1. The second-order valence-electron chi connectivity index (χ2n) is 7.00. The molecule has 0 radical (unpaired) electrons. The van der Waals surface area contributed by atoms with E-state index in [0.717, 1.165) is 22.3 Å². The van der Waals surface area contributed by atoms with E-state index in [1.54, 1.807) is 11.0 Å². The average Bonchev–Trinajstić information content (AvgIpc) is 2.95. The summed E-state index contributed by atoms with van der Waals surface area (Å²) in [5, 5.41) is 11.4. The van der Waals surface area contributed by atoms with Gasteiger partial charge in [0.1, 0.15) is 0 Å². The van der Waals surface area contributed by atoms with Crippen LogP contribution >= 0.6 is 11.6 Å². The standard InChI is InChI=1S/C24H20ClNO2/c1-16-10-12-17(13-11-16)15-26-22(19-8-5-9-20(25)14-19)21(23(27)24(26)28)18-6-3-2-4-7-18/h2-14,22,27H,15H2,1H3/t22-/m0/s1. The highest BCUT2D eigenvalue weighted by molar-refractivity contribution is 6.30. The maximum atomic E-state index is 13.0. The fraction of sp³-hybridized carbons (Fsp3) is 0.125. The molecule has 0 fully saturated rings. The molecule has 3 aromatic rings. The van der Waals surface area contributed by atoms with Crippen LogP contribution in [0.4, 0.5) is 0 Å². The minimum atomic E-state index is -0.407. The SMILES string of the molecule is Cc1ccc(CN2C(=O)C(O)=C(c3ccccc3)[C@@H]2c2cccc(Cl)c2)cc1. The Morgan fingerprint density at radius 2 is 1.68 bits per heavy atom. The van der Waals surface area contributed by atoms with Crippen molar-refractivity contribution in [2.24, 2.45) is 0 Å². The van der Waals surface area contributed by atoms with Crippen LogP contribution in [-0.2, 0) is 11.3 Å². The number of halogens is 1. The summed E-state index contributed by atoms with van der Waals surface area (Å²) in [6.45, 7) is 2.43. The third-order valence-electron chi connectivity index (χ3n) is 5.03. The largest absolute Gasteiger partial charge is 0.503 e. The van der Waals surface area contributed by atoms with Crippen LogP contribution in [0.2, 0.25) is 5.02 Å².